The summed E-state index contributed by atoms with van der Waals surface area (Å²) in [6, 6.07) is 4.76. The molecule has 4 unspecified atom stereocenters. The van der Waals surface area contributed by atoms with Crippen LogP contribution in [0.25, 0.3) is 22.3 Å². The lowest BCUT2D eigenvalue weighted by molar-refractivity contribution is -0.146. The molecule has 3 aromatic heterocycles. The lowest BCUT2D eigenvalue weighted by atomic mass is 9.62. The Balaban J connectivity index is 0.995. The minimum absolute atomic E-state index is 0.0205. The molecule has 5 aliphatic rings. The van der Waals surface area contributed by atoms with Crippen LogP contribution in [0.1, 0.15) is 93.2 Å². The van der Waals surface area contributed by atoms with Crippen molar-refractivity contribution in [2.75, 3.05) is 18.0 Å². The molecule has 4 heterocycles. The van der Waals surface area contributed by atoms with Crippen molar-refractivity contribution in [2.45, 2.75) is 101 Å². The summed E-state index contributed by atoms with van der Waals surface area (Å²) in [6.07, 6.45) is 2.55. The van der Waals surface area contributed by atoms with Gasteiger partial charge in [0.2, 0.25) is 11.9 Å². The molecule has 4 atom stereocenters. The van der Waals surface area contributed by atoms with Crippen molar-refractivity contribution in [1.82, 2.24) is 29.8 Å². The lowest BCUT2D eigenvalue weighted by Gasteiger charge is -2.58. The van der Waals surface area contributed by atoms with Crippen molar-refractivity contribution >= 4 is 28.7 Å². The zero-order chi connectivity index (χ0) is 40.1. The maximum atomic E-state index is 14.7. The highest BCUT2D eigenvalue weighted by atomic mass is 19.4. The number of rotatable bonds is 8. The van der Waals surface area contributed by atoms with E-state index >= 15 is 0 Å². The molecule has 2 N–H and O–H groups in total. The number of nitrogens with one attached hydrogen (secondary N) is 1. The van der Waals surface area contributed by atoms with Crippen LogP contribution in [0.15, 0.2) is 43.0 Å². The predicted molar refractivity (Wildman–Crippen MR) is 193 cm³/mol. The molecular formula is C40H41F6N7O4. The summed E-state index contributed by atoms with van der Waals surface area (Å²) in [5.74, 6) is -5.30. The van der Waals surface area contributed by atoms with Gasteiger partial charge in [0, 0.05) is 66.8 Å². The van der Waals surface area contributed by atoms with Gasteiger partial charge >= 0.3 is 12.1 Å². The van der Waals surface area contributed by atoms with Crippen LogP contribution < -0.4 is 15.0 Å². The molecule has 1 aliphatic heterocycles. The number of alkyl halides is 5. The number of ether oxygens (including phenoxy) is 1. The Morgan fingerprint density at radius 3 is 2.39 bits per heavy atom. The molecule has 1 amide bonds. The van der Waals surface area contributed by atoms with E-state index in [2.05, 4.69) is 25.3 Å². The predicted octanol–water partition coefficient (Wildman–Crippen LogP) is 7.85. The summed E-state index contributed by atoms with van der Waals surface area (Å²) >= 11 is 0. The number of carbonyl (C=O) groups is 2. The molecule has 4 saturated carbocycles. The molecule has 57 heavy (non-hydrogen) atoms. The second-order valence-electron chi connectivity index (χ2n) is 17.2. The highest BCUT2D eigenvalue weighted by Gasteiger charge is 2.57. The van der Waals surface area contributed by atoms with Crippen LogP contribution >= 0.6 is 0 Å². The van der Waals surface area contributed by atoms with Gasteiger partial charge < -0.3 is 24.6 Å². The van der Waals surface area contributed by atoms with Gasteiger partial charge in [0.15, 0.2) is 17.3 Å². The molecule has 1 saturated heterocycles. The molecule has 17 heteroatoms. The van der Waals surface area contributed by atoms with Crippen molar-refractivity contribution in [2.24, 2.45) is 23.2 Å². The van der Waals surface area contributed by atoms with Crippen LogP contribution in [-0.4, -0.2) is 72.1 Å². The van der Waals surface area contributed by atoms with Crippen LogP contribution in [-0.2, 0) is 11.0 Å². The van der Waals surface area contributed by atoms with E-state index in [1.54, 1.807) is 29.0 Å². The Hall–Kier alpha value is -4.96. The van der Waals surface area contributed by atoms with Gasteiger partial charge in [-0.25, -0.2) is 37.9 Å². The van der Waals surface area contributed by atoms with Gasteiger partial charge in [0.1, 0.15) is 17.4 Å². The zero-order valence-corrected chi connectivity index (χ0v) is 31.0. The monoisotopic (exact) mass is 797 g/mol. The van der Waals surface area contributed by atoms with Gasteiger partial charge in [-0.1, -0.05) is 6.92 Å². The van der Waals surface area contributed by atoms with E-state index in [1.165, 1.54) is 0 Å². The highest BCUT2D eigenvalue weighted by Crippen LogP contribution is 2.52. The van der Waals surface area contributed by atoms with E-state index < -0.39 is 52.5 Å². The number of halogens is 6. The Morgan fingerprint density at radius 1 is 0.982 bits per heavy atom. The summed E-state index contributed by atoms with van der Waals surface area (Å²) in [5.41, 5.74) is -3.29. The average Bonchev–Trinajstić information content (AvgIpc) is 3.62. The third-order valence-corrected chi connectivity index (χ3v) is 13.1. The second kappa shape index (κ2) is 13.3. The number of hydrogen-bond donors (Lipinski definition) is 2. The summed E-state index contributed by atoms with van der Waals surface area (Å²) in [7, 11) is 0. The van der Waals surface area contributed by atoms with Gasteiger partial charge in [0.05, 0.1) is 23.5 Å². The normalized spacial score (nSPS) is 27.9. The third-order valence-electron chi connectivity index (χ3n) is 13.1. The number of carbonyl (C=O) groups excluding carboxylic acids is 1. The topological polar surface area (TPSA) is 135 Å². The maximum absolute atomic E-state index is 14.7. The standard InChI is InChI=1S/C40H41F6N7O4/c1-21-8-22-10-23(9-21)39(12-22,35(55)56)51-34(54)29-17-47-33(50-32(29)40(44,45)46)30-18-53(25-4-6-38(42,43)7-5-25)31-11-26(2-3-28(30)31)57-27-13-37(14-27)19-52(20-37)36-48-15-24(41)16-49-36/h2-3,11,15-18,21-23,25,27H,4-10,12-14,19-20H2,1H3,(H,51,54)(H,55,56). The number of amides is 1. The SMILES string of the molecule is CC1CC2CC(C1)C(NC(=O)c1cnc(-c3cn(C4CCC(F)(F)CC4)c4cc(OC5CC6(C5)CN(c5ncc(F)cn5)C6)ccc34)nc1C(F)(F)F)(C(=O)O)C2. The Bertz CT molecular complexity index is 2230. The summed E-state index contributed by atoms with van der Waals surface area (Å²) < 4.78 is 94.1. The first kappa shape index (κ1) is 37.6. The largest absolute Gasteiger partial charge is 0.490 e. The van der Waals surface area contributed by atoms with Crippen LogP contribution in [0.3, 0.4) is 0 Å². The molecule has 1 spiro atoms. The van der Waals surface area contributed by atoms with E-state index in [9.17, 15) is 41.0 Å². The molecular weight excluding hydrogens is 756 g/mol. The molecule has 4 aliphatic carbocycles. The number of aliphatic carboxylic acids is 1. The number of benzene rings is 1. The molecule has 2 bridgehead atoms. The van der Waals surface area contributed by atoms with Crippen LogP contribution in [0.4, 0.5) is 32.3 Å². The third kappa shape index (κ3) is 6.73. The van der Waals surface area contributed by atoms with E-state index in [0.717, 1.165) is 37.9 Å². The Labute approximate surface area is 323 Å². The molecule has 11 nitrogen and oxygen atoms in total. The molecule has 4 aromatic rings. The van der Waals surface area contributed by atoms with Crippen molar-refractivity contribution in [3.05, 3.63) is 60.1 Å². The first-order valence-electron chi connectivity index (χ1n) is 19.4. The Morgan fingerprint density at radius 2 is 1.70 bits per heavy atom. The average molecular weight is 798 g/mol. The lowest BCUT2D eigenvalue weighted by Crippen LogP contribution is -2.65. The molecule has 5 fully saturated rings. The number of anilines is 1. The number of hydrogen-bond acceptors (Lipinski definition) is 8. The number of carboxylic acids is 1. The van der Waals surface area contributed by atoms with Crippen molar-refractivity contribution in [1.29, 1.82) is 0 Å². The van der Waals surface area contributed by atoms with Crippen LogP contribution in [0.5, 0.6) is 5.75 Å². The number of aromatic nitrogens is 5. The molecule has 9 rings (SSSR count). The fourth-order valence-electron chi connectivity index (χ4n) is 10.5. The minimum Gasteiger partial charge on any atom is -0.490 e. The van der Waals surface area contributed by atoms with Crippen molar-refractivity contribution < 1.29 is 45.8 Å². The van der Waals surface area contributed by atoms with Crippen LogP contribution in [0.2, 0.25) is 0 Å². The van der Waals surface area contributed by atoms with Gasteiger partial charge in [0.25, 0.3) is 5.91 Å². The number of fused-ring (bicyclic) bond motifs is 3. The Kier molecular flexibility index (Phi) is 8.77. The summed E-state index contributed by atoms with van der Waals surface area (Å²) in [4.78, 5) is 44.5. The van der Waals surface area contributed by atoms with E-state index in [0.29, 0.717) is 48.5 Å². The smallest absolute Gasteiger partial charge is 0.434 e. The van der Waals surface area contributed by atoms with Crippen molar-refractivity contribution in [3.63, 3.8) is 0 Å². The molecule has 302 valence electrons. The highest BCUT2D eigenvalue weighted by molar-refractivity contribution is 6.00. The van der Waals surface area contributed by atoms with Gasteiger partial charge in [-0.2, -0.15) is 13.2 Å². The van der Waals surface area contributed by atoms with E-state index in [-0.39, 0.29) is 72.9 Å². The van der Waals surface area contributed by atoms with E-state index in [4.69, 9.17) is 4.74 Å². The second-order valence-corrected chi connectivity index (χ2v) is 17.2. The minimum atomic E-state index is -5.10. The van der Waals surface area contributed by atoms with E-state index in [1.807, 2.05) is 11.8 Å². The summed E-state index contributed by atoms with van der Waals surface area (Å²) in [5, 5.41) is 13.3. The van der Waals surface area contributed by atoms with Crippen LogP contribution in [0, 0.1) is 29.0 Å². The first-order valence-corrected chi connectivity index (χ1v) is 19.4. The van der Waals surface area contributed by atoms with Gasteiger partial charge in [-0.3, -0.25) is 4.79 Å². The quantitative estimate of drug-likeness (QED) is 0.171. The molecule has 0 radical (unpaired) electrons. The first-order chi connectivity index (χ1) is 27.0. The summed E-state index contributed by atoms with van der Waals surface area (Å²) in [6.45, 7) is 3.41. The maximum Gasteiger partial charge on any atom is 0.434 e. The fourth-order valence-corrected chi connectivity index (χ4v) is 10.5. The fraction of sp³-hybridized carbons (Fsp3) is 0.550. The van der Waals surface area contributed by atoms with Crippen molar-refractivity contribution in [3.8, 4) is 17.1 Å². The zero-order valence-electron chi connectivity index (χ0n) is 31.0. The molecule has 1 aromatic carbocycles. The number of nitrogens with zero attached hydrogens (tertiary/aromatic N) is 6. The van der Waals surface area contributed by atoms with Gasteiger partial charge in [-0.05, 0) is 81.3 Å². The number of carboxylic acid groups (broad SMARTS) is 1. The van der Waals surface area contributed by atoms with Gasteiger partial charge in [-0.15, -0.1) is 0 Å².